The van der Waals surface area contributed by atoms with Crippen LogP contribution in [0.2, 0.25) is 0 Å². The summed E-state index contributed by atoms with van der Waals surface area (Å²) in [5, 5.41) is 1.62. The van der Waals surface area contributed by atoms with Crippen molar-refractivity contribution in [1.29, 1.82) is 0 Å². The van der Waals surface area contributed by atoms with Gasteiger partial charge in [-0.3, -0.25) is 0 Å². The fourth-order valence-electron chi connectivity index (χ4n) is 2.19. The minimum Gasteiger partial charge on any atom is -0.329 e. The molecule has 0 aliphatic rings. The van der Waals surface area contributed by atoms with Gasteiger partial charge in [0.15, 0.2) is 0 Å². The zero-order valence-electron chi connectivity index (χ0n) is 12.6. The van der Waals surface area contributed by atoms with E-state index in [2.05, 4.69) is 4.72 Å². The van der Waals surface area contributed by atoms with E-state index in [-0.39, 0.29) is 12.5 Å². The molecule has 2 aromatic rings. The smallest absolute Gasteiger partial charge is 0.241 e. The number of fused-ring (bicyclic) bond motifs is 1. The highest BCUT2D eigenvalue weighted by molar-refractivity contribution is 7.89. The van der Waals surface area contributed by atoms with Gasteiger partial charge in [-0.25, -0.2) is 13.1 Å². The second kappa shape index (κ2) is 5.75. The van der Waals surface area contributed by atoms with Crippen molar-refractivity contribution in [2.45, 2.75) is 31.2 Å². The Hall–Kier alpha value is -1.43. The van der Waals surface area contributed by atoms with Crippen molar-refractivity contribution in [2.75, 3.05) is 6.54 Å². The average Bonchev–Trinajstić information content (AvgIpc) is 2.45. The minimum absolute atomic E-state index is 0.0900. The molecule has 1 unspecified atom stereocenters. The van der Waals surface area contributed by atoms with Crippen LogP contribution in [-0.4, -0.2) is 20.5 Å². The topological polar surface area (TPSA) is 72.2 Å². The molecular weight excluding hydrogens is 284 g/mol. The van der Waals surface area contributed by atoms with Gasteiger partial charge in [0.05, 0.1) is 4.90 Å². The Labute approximate surface area is 126 Å². The van der Waals surface area contributed by atoms with E-state index in [1.165, 1.54) is 0 Å². The summed E-state index contributed by atoms with van der Waals surface area (Å²) >= 11 is 0. The molecule has 0 bridgehead atoms. The number of rotatable bonds is 5. The van der Waals surface area contributed by atoms with Crippen LogP contribution in [-0.2, 0) is 10.0 Å². The van der Waals surface area contributed by atoms with Gasteiger partial charge >= 0.3 is 0 Å². The molecule has 5 heteroatoms. The molecule has 0 aromatic heterocycles. The lowest BCUT2D eigenvalue weighted by Crippen LogP contribution is -2.54. The van der Waals surface area contributed by atoms with Crippen LogP contribution in [0.5, 0.6) is 0 Å². The van der Waals surface area contributed by atoms with Crippen molar-refractivity contribution < 1.29 is 8.42 Å². The molecule has 0 spiro atoms. The summed E-state index contributed by atoms with van der Waals surface area (Å²) in [5.74, 6) is 0.0900. The van der Waals surface area contributed by atoms with Crippen LogP contribution in [0.1, 0.15) is 20.8 Å². The number of hydrogen-bond acceptors (Lipinski definition) is 3. The molecular formula is C16H22N2O2S. The van der Waals surface area contributed by atoms with Crippen LogP contribution in [0.15, 0.2) is 47.4 Å². The average molecular weight is 306 g/mol. The van der Waals surface area contributed by atoms with Crippen LogP contribution in [0.25, 0.3) is 10.8 Å². The van der Waals surface area contributed by atoms with Crippen molar-refractivity contribution >= 4 is 20.8 Å². The van der Waals surface area contributed by atoms with Gasteiger partial charge in [0.2, 0.25) is 10.0 Å². The van der Waals surface area contributed by atoms with Crippen molar-refractivity contribution in [1.82, 2.24) is 4.72 Å². The van der Waals surface area contributed by atoms with Gasteiger partial charge in [0.1, 0.15) is 0 Å². The zero-order valence-corrected chi connectivity index (χ0v) is 13.4. The predicted octanol–water partition coefficient (Wildman–Crippen LogP) is 2.49. The maximum absolute atomic E-state index is 12.8. The Kier molecular flexibility index (Phi) is 4.37. The van der Waals surface area contributed by atoms with Crippen LogP contribution < -0.4 is 10.5 Å². The molecule has 0 saturated heterocycles. The van der Waals surface area contributed by atoms with E-state index in [9.17, 15) is 8.42 Å². The second-order valence-electron chi connectivity index (χ2n) is 5.86. The number of hydrogen-bond donors (Lipinski definition) is 2. The first kappa shape index (κ1) is 15.9. The molecule has 21 heavy (non-hydrogen) atoms. The summed E-state index contributed by atoms with van der Waals surface area (Å²) in [7, 11) is -3.63. The number of benzene rings is 2. The fraction of sp³-hybridized carbons (Fsp3) is 0.375. The Morgan fingerprint density at radius 2 is 1.76 bits per heavy atom. The van der Waals surface area contributed by atoms with Gasteiger partial charge in [-0.15, -0.1) is 0 Å². The lowest BCUT2D eigenvalue weighted by atomic mass is 9.90. The number of sulfonamides is 1. The molecule has 0 saturated carbocycles. The maximum atomic E-state index is 12.8. The van der Waals surface area contributed by atoms with Crippen molar-refractivity contribution in [3.8, 4) is 0 Å². The summed E-state index contributed by atoms with van der Waals surface area (Å²) in [6.07, 6.45) is 0. The molecule has 1 atom stereocenters. The second-order valence-corrected chi connectivity index (χ2v) is 7.51. The highest BCUT2D eigenvalue weighted by atomic mass is 32.2. The molecule has 0 amide bonds. The summed E-state index contributed by atoms with van der Waals surface area (Å²) < 4.78 is 28.3. The Morgan fingerprint density at radius 3 is 2.38 bits per heavy atom. The third-order valence-corrected chi connectivity index (χ3v) is 5.78. The van der Waals surface area contributed by atoms with E-state index < -0.39 is 15.6 Å². The lowest BCUT2D eigenvalue weighted by Gasteiger charge is -2.33. The normalized spacial score (nSPS) is 15.3. The number of nitrogens with one attached hydrogen (secondary N) is 1. The van der Waals surface area contributed by atoms with Crippen LogP contribution in [0, 0.1) is 5.92 Å². The lowest BCUT2D eigenvalue weighted by molar-refractivity contribution is 0.315. The first-order valence-corrected chi connectivity index (χ1v) is 8.50. The van der Waals surface area contributed by atoms with Crippen molar-refractivity contribution in [2.24, 2.45) is 11.7 Å². The van der Waals surface area contributed by atoms with Crippen molar-refractivity contribution in [3.05, 3.63) is 42.5 Å². The van der Waals surface area contributed by atoms with E-state index in [4.69, 9.17) is 5.73 Å². The Balaban J connectivity index is 2.53. The van der Waals surface area contributed by atoms with E-state index in [1.807, 2.05) is 51.1 Å². The third kappa shape index (κ3) is 3.10. The first-order chi connectivity index (χ1) is 9.80. The summed E-state index contributed by atoms with van der Waals surface area (Å²) in [6, 6.07) is 12.7. The molecule has 0 heterocycles. The summed E-state index contributed by atoms with van der Waals surface area (Å²) in [4.78, 5) is 0.293. The van der Waals surface area contributed by atoms with Gasteiger partial charge in [-0.1, -0.05) is 50.2 Å². The zero-order chi connectivity index (χ0) is 15.7. The van der Waals surface area contributed by atoms with Gasteiger partial charge in [-0.2, -0.15) is 0 Å². The predicted molar refractivity (Wildman–Crippen MR) is 86.6 cm³/mol. The van der Waals surface area contributed by atoms with Crippen LogP contribution in [0.4, 0.5) is 0 Å². The van der Waals surface area contributed by atoms with Gasteiger partial charge in [0.25, 0.3) is 0 Å². The van der Waals surface area contributed by atoms with Gasteiger partial charge < -0.3 is 5.73 Å². The molecule has 0 fully saturated rings. The fourth-order valence-corrected chi connectivity index (χ4v) is 3.96. The van der Waals surface area contributed by atoms with E-state index in [1.54, 1.807) is 12.1 Å². The molecule has 2 aromatic carbocycles. The van der Waals surface area contributed by atoms with Crippen LogP contribution >= 0.6 is 0 Å². The van der Waals surface area contributed by atoms with E-state index >= 15 is 0 Å². The monoisotopic (exact) mass is 306 g/mol. The van der Waals surface area contributed by atoms with Gasteiger partial charge in [0, 0.05) is 17.5 Å². The van der Waals surface area contributed by atoms with Gasteiger partial charge in [-0.05, 0) is 24.3 Å². The highest BCUT2D eigenvalue weighted by Crippen LogP contribution is 2.25. The third-order valence-electron chi connectivity index (χ3n) is 4.10. The maximum Gasteiger partial charge on any atom is 0.241 e. The molecule has 114 valence electrons. The SMILES string of the molecule is CC(C)C(C)(CN)NS(=O)(=O)c1cccc2ccccc12. The number of nitrogens with two attached hydrogens (primary N) is 1. The largest absolute Gasteiger partial charge is 0.329 e. The first-order valence-electron chi connectivity index (χ1n) is 7.02. The molecule has 0 aliphatic carbocycles. The standard InChI is InChI=1S/C16H22N2O2S/c1-12(2)16(3,11-17)18-21(19,20)15-10-6-8-13-7-4-5-9-14(13)15/h4-10,12,18H,11,17H2,1-3H3. The van der Waals surface area contributed by atoms with E-state index in [0.717, 1.165) is 10.8 Å². The Bertz CT molecular complexity index is 736. The molecule has 3 N–H and O–H groups in total. The molecule has 2 rings (SSSR count). The van der Waals surface area contributed by atoms with Crippen LogP contribution in [0.3, 0.4) is 0 Å². The quantitative estimate of drug-likeness (QED) is 0.891. The van der Waals surface area contributed by atoms with Crippen molar-refractivity contribution in [3.63, 3.8) is 0 Å². The summed E-state index contributed by atoms with van der Waals surface area (Å²) in [5.41, 5.74) is 5.11. The molecule has 0 radical (unpaired) electrons. The van der Waals surface area contributed by atoms with E-state index in [0.29, 0.717) is 4.90 Å². The summed E-state index contributed by atoms with van der Waals surface area (Å²) in [6.45, 7) is 5.99. The highest BCUT2D eigenvalue weighted by Gasteiger charge is 2.33. The molecule has 0 aliphatic heterocycles. The molecule has 4 nitrogen and oxygen atoms in total. The Morgan fingerprint density at radius 1 is 1.14 bits per heavy atom. The minimum atomic E-state index is -3.63.